The minimum Gasteiger partial charge on any atom is -0.346 e. The lowest BCUT2D eigenvalue weighted by Crippen LogP contribution is -2.15. The van der Waals surface area contributed by atoms with E-state index in [0.29, 0.717) is 12.5 Å². The number of hydrogen-bond donors (Lipinski definition) is 0. The standard InChI is InChI=1S/C6H10O8S2/c1-15(9,10)13-5(7)3-4-6(8)14-16(2,11)12/h3-4H2,1-2H3. The summed E-state index contributed by atoms with van der Waals surface area (Å²) in [6.07, 6.45) is 0.169. The van der Waals surface area contributed by atoms with Gasteiger partial charge in [-0.15, -0.1) is 0 Å². The summed E-state index contributed by atoms with van der Waals surface area (Å²) in [4.78, 5) is 21.5. The zero-order chi connectivity index (χ0) is 13.0. The fourth-order valence-electron chi connectivity index (χ4n) is 0.625. The van der Waals surface area contributed by atoms with Crippen LogP contribution in [0.5, 0.6) is 0 Å². The van der Waals surface area contributed by atoms with Crippen LogP contribution in [-0.2, 0) is 38.2 Å². The molecule has 0 spiro atoms. The van der Waals surface area contributed by atoms with Gasteiger partial charge in [-0.3, -0.25) is 9.59 Å². The van der Waals surface area contributed by atoms with E-state index in [1.54, 1.807) is 0 Å². The largest absolute Gasteiger partial charge is 0.346 e. The molecule has 0 aliphatic rings. The van der Waals surface area contributed by atoms with Gasteiger partial charge >= 0.3 is 32.2 Å². The Bertz CT molecular complexity index is 425. The zero-order valence-electron chi connectivity index (χ0n) is 8.50. The molecular formula is C6H10O8S2. The van der Waals surface area contributed by atoms with Crippen molar-refractivity contribution in [1.82, 2.24) is 0 Å². The van der Waals surface area contributed by atoms with Crippen molar-refractivity contribution >= 4 is 32.2 Å². The quantitative estimate of drug-likeness (QED) is 0.571. The monoisotopic (exact) mass is 274 g/mol. The molecule has 0 bridgehead atoms. The molecule has 0 saturated carbocycles. The normalized spacial score (nSPS) is 11.9. The van der Waals surface area contributed by atoms with Gasteiger partial charge in [0.1, 0.15) is 0 Å². The number of rotatable bonds is 5. The lowest BCUT2D eigenvalue weighted by atomic mass is 10.3. The van der Waals surface area contributed by atoms with Crippen molar-refractivity contribution in [2.45, 2.75) is 12.8 Å². The molecule has 94 valence electrons. The van der Waals surface area contributed by atoms with Crippen molar-refractivity contribution in [3.8, 4) is 0 Å². The highest BCUT2D eigenvalue weighted by atomic mass is 32.2. The van der Waals surface area contributed by atoms with Gasteiger partial charge in [-0.25, -0.2) is 0 Å². The van der Waals surface area contributed by atoms with Gasteiger partial charge in [0.15, 0.2) is 0 Å². The summed E-state index contributed by atoms with van der Waals surface area (Å²) in [5, 5.41) is 0. The van der Waals surface area contributed by atoms with Gasteiger partial charge < -0.3 is 8.37 Å². The summed E-state index contributed by atoms with van der Waals surface area (Å²) in [6, 6.07) is 0. The SMILES string of the molecule is CS(=O)(=O)OC(=O)CCC(=O)OS(C)(=O)=O. The molecule has 0 rings (SSSR count). The molecular weight excluding hydrogens is 264 g/mol. The third-order valence-corrected chi connectivity index (χ3v) is 2.00. The van der Waals surface area contributed by atoms with Crippen molar-refractivity contribution in [1.29, 1.82) is 0 Å². The smallest absolute Gasteiger partial charge is 0.322 e. The van der Waals surface area contributed by atoms with E-state index in [9.17, 15) is 26.4 Å². The maximum atomic E-state index is 10.8. The van der Waals surface area contributed by atoms with Crippen LogP contribution < -0.4 is 0 Å². The molecule has 0 aromatic heterocycles. The Labute approximate surface area is 92.8 Å². The average Bonchev–Trinajstić information content (AvgIpc) is 1.94. The van der Waals surface area contributed by atoms with Crippen LogP contribution in [0.3, 0.4) is 0 Å². The molecule has 0 N–H and O–H groups in total. The summed E-state index contributed by atoms with van der Waals surface area (Å²) in [7, 11) is -7.85. The third-order valence-electron chi connectivity index (χ3n) is 1.02. The molecule has 0 aromatic carbocycles. The fraction of sp³-hybridized carbons (Fsp3) is 0.667. The Balaban J connectivity index is 4.08. The second-order valence-corrected chi connectivity index (χ2v) is 5.97. The highest BCUT2D eigenvalue weighted by Gasteiger charge is 2.16. The van der Waals surface area contributed by atoms with E-state index in [4.69, 9.17) is 0 Å². The van der Waals surface area contributed by atoms with E-state index in [0.717, 1.165) is 0 Å². The first-order valence-corrected chi connectivity index (χ1v) is 7.47. The van der Waals surface area contributed by atoms with Crippen molar-refractivity contribution < 1.29 is 34.8 Å². The molecule has 0 amide bonds. The van der Waals surface area contributed by atoms with E-state index in [1.165, 1.54) is 0 Å². The summed E-state index contributed by atoms with van der Waals surface area (Å²) >= 11 is 0. The minimum atomic E-state index is -3.93. The molecule has 0 heterocycles. The van der Waals surface area contributed by atoms with Crippen LogP contribution in [0, 0.1) is 0 Å². The van der Waals surface area contributed by atoms with Gasteiger partial charge in [0.05, 0.1) is 25.4 Å². The lowest BCUT2D eigenvalue weighted by Gasteiger charge is -2.01. The second kappa shape index (κ2) is 5.25. The number of hydrogen-bond acceptors (Lipinski definition) is 8. The van der Waals surface area contributed by atoms with Crippen molar-refractivity contribution in [2.75, 3.05) is 12.5 Å². The zero-order valence-corrected chi connectivity index (χ0v) is 10.1. The first-order valence-electron chi connectivity index (χ1n) is 3.84. The lowest BCUT2D eigenvalue weighted by molar-refractivity contribution is -0.140. The van der Waals surface area contributed by atoms with Gasteiger partial charge in [0.2, 0.25) is 0 Å². The first-order chi connectivity index (χ1) is 6.99. The molecule has 16 heavy (non-hydrogen) atoms. The van der Waals surface area contributed by atoms with Crippen LogP contribution in [0.4, 0.5) is 0 Å². The summed E-state index contributed by atoms with van der Waals surface area (Å²) < 4.78 is 49.6. The van der Waals surface area contributed by atoms with Crippen molar-refractivity contribution in [2.24, 2.45) is 0 Å². The van der Waals surface area contributed by atoms with Crippen LogP contribution >= 0.6 is 0 Å². The van der Waals surface area contributed by atoms with E-state index >= 15 is 0 Å². The Morgan fingerprint density at radius 2 is 1.06 bits per heavy atom. The first kappa shape index (κ1) is 14.8. The molecule has 0 unspecified atom stereocenters. The Morgan fingerprint density at radius 1 is 0.812 bits per heavy atom. The van der Waals surface area contributed by atoms with E-state index in [-0.39, 0.29) is 0 Å². The maximum absolute atomic E-state index is 10.8. The molecule has 0 aliphatic heterocycles. The van der Waals surface area contributed by atoms with Crippen LogP contribution in [0.1, 0.15) is 12.8 Å². The van der Waals surface area contributed by atoms with E-state index < -0.39 is 45.0 Å². The molecule has 0 atom stereocenters. The van der Waals surface area contributed by atoms with E-state index in [2.05, 4.69) is 8.37 Å². The summed E-state index contributed by atoms with van der Waals surface area (Å²) in [5.74, 6) is -2.32. The summed E-state index contributed by atoms with van der Waals surface area (Å²) in [6.45, 7) is 0. The van der Waals surface area contributed by atoms with Crippen LogP contribution in [0.2, 0.25) is 0 Å². The Morgan fingerprint density at radius 3 is 1.25 bits per heavy atom. The highest BCUT2D eigenvalue weighted by Crippen LogP contribution is 2.00. The van der Waals surface area contributed by atoms with E-state index in [1.807, 2.05) is 0 Å². The van der Waals surface area contributed by atoms with Gasteiger partial charge in [-0.2, -0.15) is 16.8 Å². The second-order valence-electron chi connectivity index (χ2n) is 2.82. The fourth-order valence-corrected chi connectivity index (χ4v) is 1.47. The Kier molecular flexibility index (Phi) is 4.87. The molecule has 0 aliphatic carbocycles. The molecule has 0 radical (unpaired) electrons. The van der Waals surface area contributed by atoms with Crippen LogP contribution in [0.15, 0.2) is 0 Å². The predicted molar refractivity (Wildman–Crippen MR) is 51.1 cm³/mol. The highest BCUT2D eigenvalue weighted by molar-refractivity contribution is 7.86. The van der Waals surface area contributed by atoms with Crippen LogP contribution in [-0.4, -0.2) is 41.3 Å². The van der Waals surface area contributed by atoms with Gasteiger partial charge in [-0.05, 0) is 0 Å². The number of carbonyl (C=O) groups excluding carboxylic acids is 2. The molecule has 0 fully saturated rings. The average molecular weight is 274 g/mol. The maximum Gasteiger partial charge on any atom is 0.322 e. The molecule has 10 heteroatoms. The topological polar surface area (TPSA) is 121 Å². The van der Waals surface area contributed by atoms with Gasteiger partial charge in [0.25, 0.3) is 0 Å². The molecule has 0 saturated heterocycles. The molecule has 0 aromatic rings. The van der Waals surface area contributed by atoms with Gasteiger partial charge in [-0.1, -0.05) is 0 Å². The molecule has 8 nitrogen and oxygen atoms in total. The summed E-state index contributed by atoms with van der Waals surface area (Å²) in [5.41, 5.74) is 0. The van der Waals surface area contributed by atoms with Crippen molar-refractivity contribution in [3.63, 3.8) is 0 Å². The van der Waals surface area contributed by atoms with Crippen molar-refractivity contribution in [3.05, 3.63) is 0 Å². The predicted octanol–water partition coefficient (Wildman–Crippen LogP) is -1.23. The minimum absolute atomic E-state index is 0.582. The van der Waals surface area contributed by atoms with Gasteiger partial charge in [0, 0.05) is 0 Å². The number of carbonyl (C=O) groups is 2. The van der Waals surface area contributed by atoms with Crippen LogP contribution in [0.25, 0.3) is 0 Å². The third kappa shape index (κ3) is 9.40. The Hall–Kier alpha value is -1.16.